The van der Waals surface area contributed by atoms with E-state index in [0.29, 0.717) is 0 Å². The molecule has 1 unspecified atom stereocenters. The normalized spacial score (nSPS) is 12.1. The van der Waals surface area contributed by atoms with Crippen molar-refractivity contribution in [3.05, 3.63) is 95.5 Å². The highest BCUT2D eigenvalue weighted by Crippen LogP contribution is 2.25. The van der Waals surface area contributed by atoms with E-state index in [1.54, 1.807) is 0 Å². The van der Waals surface area contributed by atoms with Gasteiger partial charge in [-0.15, -0.1) is 6.58 Å². The van der Waals surface area contributed by atoms with Gasteiger partial charge in [-0.1, -0.05) is 89.2 Å². The quantitative estimate of drug-likeness (QED) is 0.615. The first-order valence-corrected chi connectivity index (χ1v) is 7.78. The Hall–Kier alpha value is -1.64. The fraction of sp³-hybridized carbons (Fsp3) is 0.158. The van der Waals surface area contributed by atoms with Crippen molar-refractivity contribution >= 4 is 15.9 Å². The van der Waals surface area contributed by atoms with E-state index >= 15 is 0 Å². The van der Waals surface area contributed by atoms with Crippen molar-refractivity contribution in [1.82, 2.24) is 4.90 Å². The average Bonchev–Trinajstić information content (AvgIpc) is 2.49. The molecule has 0 N–H and O–H groups in total. The van der Waals surface area contributed by atoms with Gasteiger partial charge in [0.05, 0.1) is 6.04 Å². The molecule has 2 heteroatoms. The highest BCUT2D eigenvalue weighted by molar-refractivity contribution is 9.11. The number of hydrogen-bond acceptors (Lipinski definition) is 1. The van der Waals surface area contributed by atoms with Crippen LogP contribution in [0.5, 0.6) is 0 Å². The van der Waals surface area contributed by atoms with Crippen LogP contribution in [0.1, 0.15) is 17.2 Å². The maximum atomic E-state index is 4.02. The molecular formula is C19H20BrN. The van der Waals surface area contributed by atoms with Crippen molar-refractivity contribution in [1.29, 1.82) is 0 Å². The van der Waals surface area contributed by atoms with Crippen LogP contribution in [0.4, 0.5) is 0 Å². The number of benzene rings is 2. The van der Waals surface area contributed by atoms with Gasteiger partial charge in [-0.3, -0.25) is 4.90 Å². The number of hydrogen-bond donors (Lipinski definition) is 0. The Morgan fingerprint density at radius 3 is 2.14 bits per heavy atom. The molecular weight excluding hydrogens is 322 g/mol. The molecule has 2 rings (SSSR count). The van der Waals surface area contributed by atoms with Crippen LogP contribution in [0.2, 0.25) is 0 Å². The van der Waals surface area contributed by atoms with Gasteiger partial charge in [0, 0.05) is 17.6 Å². The summed E-state index contributed by atoms with van der Waals surface area (Å²) in [6, 6.07) is 21.1. The van der Waals surface area contributed by atoms with Crippen LogP contribution in [0, 0.1) is 0 Å². The SMILES string of the molecule is C=CC(c1ccccc1)N(CC(=C)Br)Cc1ccccc1. The number of nitrogens with zero attached hydrogens (tertiary/aromatic N) is 1. The third-order valence-electron chi connectivity index (χ3n) is 3.36. The van der Waals surface area contributed by atoms with E-state index in [0.717, 1.165) is 17.6 Å². The minimum Gasteiger partial charge on any atom is -0.284 e. The molecule has 1 nitrogen and oxygen atoms in total. The molecule has 1 atom stereocenters. The zero-order valence-corrected chi connectivity index (χ0v) is 13.7. The van der Waals surface area contributed by atoms with Gasteiger partial charge in [0.2, 0.25) is 0 Å². The Labute approximate surface area is 135 Å². The van der Waals surface area contributed by atoms with E-state index in [2.05, 4.69) is 82.5 Å². The van der Waals surface area contributed by atoms with Gasteiger partial charge in [0.1, 0.15) is 0 Å². The van der Waals surface area contributed by atoms with Crippen molar-refractivity contribution in [2.75, 3.05) is 6.54 Å². The lowest BCUT2D eigenvalue weighted by Gasteiger charge is -2.30. The van der Waals surface area contributed by atoms with E-state index < -0.39 is 0 Å². The Kier molecular flexibility index (Phi) is 5.97. The minimum atomic E-state index is 0.167. The summed E-state index contributed by atoms with van der Waals surface area (Å²) in [5.41, 5.74) is 2.53. The summed E-state index contributed by atoms with van der Waals surface area (Å²) in [4.78, 5) is 2.36. The zero-order chi connectivity index (χ0) is 15.1. The summed E-state index contributed by atoms with van der Waals surface area (Å²) < 4.78 is 0.973. The Morgan fingerprint density at radius 1 is 1.05 bits per heavy atom. The van der Waals surface area contributed by atoms with Crippen LogP contribution in [0.15, 0.2) is 84.4 Å². The lowest BCUT2D eigenvalue weighted by atomic mass is 10.0. The molecule has 0 bridgehead atoms. The second-order valence-electron chi connectivity index (χ2n) is 5.00. The monoisotopic (exact) mass is 341 g/mol. The third kappa shape index (κ3) is 4.69. The molecule has 0 radical (unpaired) electrons. The van der Waals surface area contributed by atoms with Crippen molar-refractivity contribution in [2.24, 2.45) is 0 Å². The highest BCUT2D eigenvalue weighted by Gasteiger charge is 2.17. The molecule has 2 aromatic carbocycles. The standard InChI is InChI=1S/C19H20BrN/c1-3-19(18-12-8-5-9-13-18)21(14-16(2)20)15-17-10-6-4-7-11-17/h3-13,19H,1-2,14-15H2. The molecule has 0 saturated carbocycles. The van der Waals surface area contributed by atoms with Gasteiger partial charge in [-0.2, -0.15) is 0 Å². The molecule has 2 aromatic rings. The van der Waals surface area contributed by atoms with E-state index in [4.69, 9.17) is 0 Å². The molecule has 0 aliphatic rings. The van der Waals surface area contributed by atoms with Crippen LogP contribution in [-0.2, 0) is 6.54 Å². The van der Waals surface area contributed by atoms with Crippen LogP contribution in [-0.4, -0.2) is 11.4 Å². The van der Waals surface area contributed by atoms with Gasteiger partial charge in [-0.25, -0.2) is 0 Å². The van der Waals surface area contributed by atoms with E-state index in [-0.39, 0.29) is 6.04 Å². The summed E-state index contributed by atoms with van der Waals surface area (Å²) in [5.74, 6) is 0. The molecule has 0 heterocycles. The second-order valence-corrected chi connectivity index (χ2v) is 6.12. The summed E-state index contributed by atoms with van der Waals surface area (Å²) >= 11 is 3.49. The van der Waals surface area contributed by atoms with Crippen LogP contribution in [0.3, 0.4) is 0 Å². The van der Waals surface area contributed by atoms with Crippen LogP contribution >= 0.6 is 15.9 Å². The van der Waals surface area contributed by atoms with Crippen LogP contribution in [0.25, 0.3) is 0 Å². The van der Waals surface area contributed by atoms with Crippen molar-refractivity contribution in [3.63, 3.8) is 0 Å². The molecule has 0 saturated heterocycles. The zero-order valence-electron chi connectivity index (χ0n) is 12.1. The van der Waals surface area contributed by atoms with E-state index in [1.807, 2.05) is 18.2 Å². The van der Waals surface area contributed by atoms with Gasteiger partial charge in [0.25, 0.3) is 0 Å². The smallest absolute Gasteiger partial charge is 0.0535 e. The predicted octanol–water partition coefficient (Wildman–Crippen LogP) is 5.32. The van der Waals surface area contributed by atoms with Gasteiger partial charge in [-0.05, 0) is 11.1 Å². The topological polar surface area (TPSA) is 3.24 Å². The lowest BCUT2D eigenvalue weighted by molar-refractivity contribution is 0.246. The molecule has 21 heavy (non-hydrogen) atoms. The fourth-order valence-corrected chi connectivity index (χ4v) is 2.76. The molecule has 0 fully saturated rings. The van der Waals surface area contributed by atoms with Gasteiger partial charge in [0.15, 0.2) is 0 Å². The largest absolute Gasteiger partial charge is 0.284 e. The van der Waals surface area contributed by atoms with Crippen molar-refractivity contribution in [3.8, 4) is 0 Å². The third-order valence-corrected chi connectivity index (χ3v) is 3.61. The second kappa shape index (κ2) is 7.96. The summed E-state index contributed by atoms with van der Waals surface area (Å²) in [6.07, 6.45) is 1.99. The number of halogens is 1. The Bertz CT molecular complexity index is 577. The Morgan fingerprint density at radius 2 is 1.62 bits per heavy atom. The molecule has 0 aliphatic carbocycles. The van der Waals surface area contributed by atoms with Crippen LogP contribution < -0.4 is 0 Å². The predicted molar refractivity (Wildman–Crippen MR) is 94.3 cm³/mol. The molecule has 0 aliphatic heterocycles. The minimum absolute atomic E-state index is 0.167. The number of rotatable bonds is 7. The van der Waals surface area contributed by atoms with Crippen molar-refractivity contribution in [2.45, 2.75) is 12.6 Å². The maximum Gasteiger partial charge on any atom is 0.0535 e. The highest BCUT2D eigenvalue weighted by atomic mass is 79.9. The molecule has 108 valence electrons. The summed E-state index contributed by atoms with van der Waals surface area (Å²) in [7, 11) is 0. The van der Waals surface area contributed by atoms with Gasteiger partial charge < -0.3 is 0 Å². The Balaban J connectivity index is 2.25. The van der Waals surface area contributed by atoms with Crippen molar-refractivity contribution < 1.29 is 0 Å². The molecule has 0 aromatic heterocycles. The average molecular weight is 342 g/mol. The van der Waals surface area contributed by atoms with Gasteiger partial charge >= 0.3 is 0 Å². The summed E-state index contributed by atoms with van der Waals surface area (Å²) in [5, 5.41) is 0. The fourth-order valence-electron chi connectivity index (χ4n) is 2.44. The first-order valence-electron chi connectivity index (χ1n) is 6.99. The lowest BCUT2D eigenvalue weighted by Crippen LogP contribution is -2.28. The van der Waals surface area contributed by atoms with E-state index in [1.165, 1.54) is 11.1 Å². The maximum absolute atomic E-state index is 4.02. The first kappa shape index (κ1) is 15.7. The molecule has 0 amide bonds. The summed E-state index contributed by atoms with van der Waals surface area (Å²) in [6.45, 7) is 9.64. The first-order chi connectivity index (χ1) is 10.2. The van der Waals surface area contributed by atoms with E-state index in [9.17, 15) is 0 Å². The molecule has 0 spiro atoms.